The van der Waals surface area contributed by atoms with E-state index in [1.807, 2.05) is 32.2 Å². The Kier molecular flexibility index (Phi) is 42.8. The average molecular weight is 2030 g/mol. The van der Waals surface area contributed by atoms with Crippen LogP contribution in [0.25, 0.3) is 44.6 Å². The Labute approximate surface area is 823 Å². The number of allylic oxidation sites excluding steroid dienone is 2. The van der Waals surface area contributed by atoms with Gasteiger partial charge in [0, 0.05) is 119 Å². The topological polar surface area (TPSA) is 739 Å². The Hall–Kier alpha value is -15.9. The number of Topliss-reactive ketones (excluding diaryl/α,β-unsaturated/α-hetero) is 2. The maximum absolute atomic E-state index is 14.6. The van der Waals surface area contributed by atoms with Gasteiger partial charge >= 0.3 is 11.4 Å². The van der Waals surface area contributed by atoms with Gasteiger partial charge in [-0.15, -0.1) is 0 Å². The van der Waals surface area contributed by atoms with Gasteiger partial charge in [0.05, 0.1) is 112 Å². The predicted molar refractivity (Wildman–Crippen MR) is 517 cm³/mol. The van der Waals surface area contributed by atoms with Crippen molar-refractivity contribution in [2.45, 2.75) is 123 Å². The van der Waals surface area contributed by atoms with Crippen LogP contribution in [0.4, 0.5) is 17.6 Å². The number of carbonyl (C=O) groups is 12. The van der Waals surface area contributed by atoms with E-state index in [0.717, 1.165) is 77.5 Å². The molecular weight excluding hydrogens is 1910 g/mol. The maximum Gasteiger partial charge on any atom is 0.349 e. The number of hydrogen-bond donors (Lipinski definition) is 17. The van der Waals surface area contributed by atoms with Crippen LogP contribution in [0.3, 0.4) is 0 Å². The molecule has 0 radical (unpaired) electrons. The van der Waals surface area contributed by atoms with E-state index in [1.165, 1.54) is 37.0 Å². The quantitative estimate of drug-likeness (QED) is 0.0101. The van der Waals surface area contributed by atoms with Gasteiger partial charge in [-0.2, -0.15) is 15.1 Å². The van der Waals surface area contributed by atoms with Crippen molar-refractivity contribution in [1.82, 2.24) is 130 Å². The number of carbonyl (C=O) groups excluding carboxylic acids is 12. The Morgan fingerprint density at radius 1 is 0.608 bits per heavy atom. The number of fused-ring (bicyclic) bond motifs is 3. The molecule has 9 rings (SSSR count). The summed E-state index contributed by atoms with van der Waals surface area (Å²) in [5, 5.41) is 47.6. The number of anilines is 3. The molecule has 0 saturated heterocycles. The van der Waals surface area contributed by atoms with Gasteiger partial charge in [0.15, 0.2) is 34.2 Å². The molecule has 2 aromatic carbocycles. The highest BCUT2D eigenvalue weighted by atomic mass is 35.5. The summed E-state index contributed by atoms with van der Waals surface area (Å²) in [6.07, 6.45) is 14.1. The highest BCUT2D eigenvalue weighted by molar-refractivity contribution is 6.31. The van der Waals surface area contributed by atoms with E-state index in [1.54, 1.807) is 42.6 Å². The summed E-state index contributed by atoms with van der Waals surface area (Å²) < 4.78 is 21.4. The number of imidazole rings is 2. The Balaban J connectivity index is 0.734. The molecule has 766 valence electrons. The van der Waals surface area contributed by atoms with Crippen LogP contribution in [0.15, 0.2) is 139 Å². The molecule has 0 fully saturated rings. The number of amides is 10. The molecule has 55 heteroatoms. The highest BCUT2D eigenvalue weighted by Crippen LogP contribution is 2.32. The molecule has 0 aliphatic carbocycles. The largest absolute Gasteiger partial charge is 0.488 e. The third-order valence-corrected chi connectivity index (χ3v) is 22.0. The average Bonchev–Trinajstić information content (AvgIpc) is 1.74. The van der Waals surface area contributed by atoms with E-state index in [9.17, 15) is 91.7 Å². The number of aromatic amines is 3. The number of rotatable bonds is 59. The number of benzene rings is 2. The van der Waals surface area contributed by atoms with Gasteiger partial charge in [-0.3, -0.25) is 91.0 Å². The SMILES string of the molecule is C/C=C(\C=C/NCCC[C@@H](C)N/C=C(/CCC(=O)NCCOCCOCC(=O)N[C@H](CCC(=O)CN(CCNC(=O)CN(C[C@@H](CO)NC(=O)CN(CCNC(=O)CN(C[C@@H](CO)NC(C)=O)C(=O)Cn1ccc(N)nc1=O)C(=O)Cn1cc(C)c(=O)[nH]c1=O)C(=O)Cn1cnc2c(=O)[nH]c(N)nc21)C(=O)Cn1cnc2c(N)ncnc21)C(C)=O)N=N)COc1ccc(Cl)cc1-c1nc2ccc(Cl)cc2c(=O)[nH]1. The first-order valence-corrected chi connectivity index (χ1v) is 45.6. The number of ketones is 2. The van der Waals surface area contributed by atoms with Crippen molar-refractivity contribution in [3.05, 3.63) is 177 Å². The third kappa shape index (κ3) is 35.1. The molecule has 0 saturated carbocycles. The molecule has 7 heterocycles. The van der Waals surface area contributed by atoms with Crippen molar-refractivity contribution in [3.8, 4) is 17.1 Å². The Bertz CT molecular complexity index is 6510. The lowest BCUT2D eigenvalue weighted by molar-refractivity contribution is -0.139. The van der Waals surface area contributed by atoms with Gasteiger partial charge in [0.2, 0.25) is 65.0 Å². The van der Waals surface area contributed by atoms with Crippen molar-refractivity contribution in [1.29, 1.82) is 5.53 Å². The molecular formula is C88H113Cl2N31O22. The highest BCUT2D eigenvalue weighted by Gasteiger charge is 2.31. The molecule has 20 N–H and O–H groups in total. The Morgan fingerprint density at radius 2 is 1.23 bits per heavy atom. The van der Waals surface area contributed by atoms with Crippen LogP contribution in [-0.4, -0.2) is 318 Å². The number of aliphatic hydroxyl groups excluding tert-OH is 2. The number of halogens is 2. The summed E-state index contributed by atoms with van der Waals surface area (Å²) in [7, 11) is 0. The van der Waals surface area contributed by atoms with Crippen molar-refractivity contribution < 1.29 is 82.0 Å². The zero-order valence-electron chi connectivity index (χ0n) is 78.8. The van der Waals surface area contributed by atoms with Crippen LogP contribution >= 0.6 is 23.2 Å². The molecule has 53 nitrogen and oxygen atoms in total. The predicted octanol–water partition coefficient (Wildman–Crippen LogP) is -3.34. The van der Waals surface area contributed by atoms with Gasteiger partial charge in [-0.05, 0) is 107 Å². The lowest BCUT2D eigenvalue weighted by atomic mass is 10.1. The summed E-state index contributed by atoms with van der Waals surface area (Å²) in [5.41, 5.74) is 23.4. The van der Waals surface area contributed by atoms with Gasteiger partial charge < -0.3 is 118 Å². The Morgan fingerprint density at radius 3 is 1.90 bits per heavy atom. The molecule has 0 aliphatic heterocycles. The fourth-order valence-corrected chi connectivity index (χ4v) is 14.4. The summed E-state index contributed by atoms with van der Waals surface area (Å²) in [5.74, 6) is -8.91. The summed E-state index contributed by atoms with van der Waals surface area (Å²) in [6, 6.07) is 7.38. The van der Waals surface area contributed by atoms with Gasteiger partial charge in [-0.25, -0.2) is 40.0 Å². The lowest BCUT2D eigenvalue weighted by Crippen LogP contribution is -2.54. The molecule has 10 amide bonds. The van der Waals surface area contributed by atoms with E-state index in [-0.39, 0.29) is 127 Å². The van der Waals surface area contributed by atoms with Gasteiger partial charge in [0.25, 0.3) is 16.7 Å². The van der Waals surface area contributed by atoms with E-state index >= 15 is 0 Å². The van der Waals surface area contributed by atoms with E-state index in [0.29, 0.717) is 44.5 Å². The summed E-state index contributed by atoms with van der Waals surface area (Å²) in [4.78, 5) is 267. The van der Waals surface area contributed by atoms with Crippen LogP contribution < -0.4 is 92.5 Å². The standard InChI is InChI=1S/C88H113Cl2N31O22/c1-6-55(46-143-66-15-10-57(90)31-63(66)80-107-65-13-9-56(89)30-62(65)84(137)109-80)17-20-95-19-7-8-52(3)99-32-58(113-94)11-16-68(127)98-23-27-141-28-29-142-47-72(131)106-64(53(4)124)14-12-61(126)36-114(74(133)42-120-49-102-77-79(92)100-48-101-81(77)120)25-21-96-70(129)38-118(76(135)43-121-50-103-78-82(121)110-86(93)111-85(78)138)35-60(45-123)105-71(130)39-115(73(132)41-119-33-51(2)83(136)112-88(119)140)26-22-97-69(128)37-117(34-59(44-122)104-54(5)125)75(134)40-116-24-18-67(91)108-87(116)139/h6,9-10,13,15,17-18,20,24,30-33,48-50,52,59-60,64,94-95,99,122-123H,7-8,11-12,14,16,19,21-23,25-29,34-47H2,1-5H3,(H,96,129)(H,97,128)(H,98,127)(H,104,125)(H,105,130)(H,106,131)(H2,91,108,139)(H2,92,100,101)(H,107,109,137)(H,112,136,140)(H3,93,110,111,138)/b20-17-,55-6+,58-32-,113-94?/t52-,59+,60+,64-/m1/s1. The second-order valence-corrected chi connectivity index (χ2v) is 33.5. The smallest absolute Gasteiger partial charge is 0.349 e. The first-order valence-electron chi connectivity index (χ1n) is 44.8. The second-order valence-electron chi connectivity index (χ2n) is 32.6. The zero-order valence-corrected chi connectivity index (χ0v) is 80.3. The van der Waals surface area contributed by atoms with E-state index in [4.69, 9.17) is 60.1 Å². The van der Waals surface area contributed by atoms with Crippen molar-refractivity contribution >= 4 is 145 Å². The number of nitrogens with zero attached hydrogens (tertiary/aromatic N) is 16. The van der Waals surface area contributed by atoms with Crippen LogP contribution in [0.5, 0.6) is 5.75 Å². The number of aryl methyl sites for hydroxylation is 1. The monoisotopic (exact) mass is 2030 g/mol. The van der Waals surface area contributed by atoms with E-state index in [2.05, 4.69) is 97.5 Å². The van der Waals surface area contributed by atoms with Crippen LogP contribution in [0.2, 0.25) is 10.0 Å². The number of ether oxygens (including phenoxy) is 3. The van der Waals surface area contributed by atoms with Gasteiger partial charge in [0.1, 0.15) is 68.6 Å². The number of hydrogen-bond acceptors (Lipinski definition) is 36. The normalized spacial score (nSPS) is 12.4. The van der Waals surface area contributed by atoms with Crippen LogP contribution in [-0.2, 0) is 93.2 Å². The number of H-pyrrole nitrogens is 3. The molecule has 7 aromatic heterocycles. The molecule has 9 aromatic rings. The van der Waals surface area contributed by atoms with Crippen molar-refractivity contribution in [2.24, 2.45) is 5.11 Å². The van der Waals surface area contributed by atoms with Crippen LogP contribution in [0.1, 0.15) is 71.8 Å². The first kappa shape index (κ1) is 111. The second kappa shape index (κ2) is 55.2. The zero-order chi connectivity index (χ0) is 104. The number of aliphatic hydroxyl groups is 2. The minimum Gasteiger partial charge on any atom is -0.488 e. The molecule has 0 spiro atoms. The number of nitrogen functional groups attached to an aromatic ring is 3. The number of nitrogens with one attached hydrogen (secondary N) is 12. The molecule has 0 bridgehead atoms. The molecule has 0 aliphatic rings. The summed E-state index contributed by atoms with van der Waals surface area (Å²) >= 11 is 12.5. The van der Waals surface area contributed by atoms with E-state index < -0.39 is 217 Å². The minimum absolute atomic E-state index is 0.00767. The lowest BCUT2D eigenvalue weighted by Gasteiger charge is -2.29. The maximum atomic E-state index is 14.6. The first-order chi connectivity index (χ1) is 68.4. The molecule has 4 atom stereocenters. The number of aromatic nitrogens is 14. The van der Waals surface area contributed by atoms with Gasteiger partial charge in [-0.1, -0.05) is 29.3 Å². The molecule has 143 heavy (non-hydrogen) atoms. The summed E-state index contributed by atoms with van der Waals surface area (Å²) in [6.45, 7) is -2.53. The van der Waals surface area contributed by atoms with Crippen molar-refractivity contribution in [3.63, 3.8) is 0 Å². The van der Waals surface area contributed by atoms with Crippen LogP contribution in [0, 0.1) is 12.5 Å². The minimum atomic E-state index is -1.50. The third-order valence-electron chi connectivity index (χ3n) is 21.5. The molecule has 0 unspecified atom stereocenters. The fourth-order valence-electron chi connectivity index (χ4n) is 14.0. The number of nitrogens with two attached hydrogens (primary N) is 3. The van der Waals surface area contributed by atoms with Crippen molar-refractivity contribution in [2.75, 3.05) is 142 Å². The fraction of sp³-hybridized carbons (Fsp3) is 0.432.